The fourth-order valence-electron chi connectivity index (χ4n) is 2.71. The number of carbonyl (C=O) groups is 2. The summed E-state index contributed by atoms with van der Waals surface area (Å²) >= 11 is 0. The third-order valence-corrected chi connectivity index (χ3v) is 4.15. The molecule has 6 heteroatoms. The molecule has 2 aromatic rings. The maximum Gasteiger partial charge on any atom is 0.251 e. The molecule has 2 aromatic carbocycles. The van der Waals surface area contributed by atoms with Crippen molar-refractivity contribution >= 4 is 11.8 Å². The molecule has 25 heavy (non-hydrogen) atoms. The summed E-state index contributed by atoms with van der Waals surface area (Å²) in [4.78, 5) is 26.3. The molecular weight excluding hydrogens is 323 g/mol. The average Bonchev–Trinajstić information content (AvgIpc) is 2.79. The van der Waals surface area contributed by atoms with Crippen molar-refractivity contribution in [1.29, 1.82) is 0 Å². The number of carbonyl (C=O) groups excluding carboxylic acids is 2. The molecule has 3 rings (SSSR count). The number of para-hydroxylation sites is 1. The maximum absolute atomic E-state index is 12.9. The normalized spacial score (nSPS) is 16.4. The van der Waals surface area contributed by atoms with Gasteiger partial charge in [-0.2, -0.15) is 0 Å². The average molecular weight is 342 g/mol. The molecule has 1 heterocycles. The van der Waals surface area contributed by atoms with Crippen LogP contribution in [0.2, 0.25) is 0 Å². The topological polar surface area (TPSA) is 58.6 Å². The Kier molecular flexibility index (Phi) is 4.97. The first-order valence-electron chi connectivity index (χ1n) is 8.08. The molecule has 1 atom stereocenters. The van der Waals surface area contributed by atoms with Gasteiger partial charge in [0.25, 0.3) is 5.91 Å². The first-order chi connectivity index (χ1) is 12.0. The van der Waals surface area contributed by atoms with Gasteiger partial charge in [0, 0.05) is 17.7 Å². The predicted molar refractivity (Wildman–Crippen MR) is 90.7 cm³/mol. The molecule has 0 fully saturated rings. The standard InChI is InChI=1S/C19H19FN2O3/c1-13-12-25-17-5-3-2-4-15(17)11-22(13)18(23)10-21-19(24)14-6-8-16(20)9-7-14/h2-9,13H,10-12H2,1H3,(H,21,24)/t13-/m0/s1. The monoisotopic (exact) mass is 342 g/mol. The van der Waals surface area contributed by atoms with Crippen molar-refractivity contribution in [1.82, 2.24) is 10.2 Å². The first-order valence-corrected chi connectivity index (χ1v) is 8.08. The van der Waals surface area contributed by atoms with Gasteiger partial charge in [0.15, 0.2) is 0 Å². The summed E-state index contributed by atoms with van der Waals surface area (Å²) in [5.74, 6) is -0.236. The number of nitrogens with zero attached hydrogens (tertiary/aromatic N) is 1. The molecule has 0 aliphatic carbocycles. The van der Waals surface area contributed by atoms with Crippen LogP contribution in [-0.4, -0.2) is 35.9 Å². The summed E-state index contributed by atoms with van der Waals surface area (Å²) in [6.45, 7) is 2.62. The van der Waals surface area contributed by atoms with Crippen molar-refractivity contribution in [3.8, 4) is 5.75 Å². The van der Waals surface area contributed by atoms with Crippen LogP contribution >= 0.6 is 0 Å². The lowest BCUT2D eigenvalue weighted by atomic mass is 10.1. The summed E-state index contributed by atoms with van der Waals surface area (Å²) in [6.07, 6.45) is 0. The van der Waals surface area contributed by atoms with Crippen LogP contribution in [0.25, 0.3) is 0 Å². The molecule has 5 nitrogen and oxygen atoms in total. The molecule has 1 aliphatic rings. The fourth-order valence-corrected chi connectivity index (χ4v) is 2.71. The van der Waals surface area contributed by atoms with Crippen LogP contribution in [0, 0.1) is 5.82 Å². The zero-order chi connectivity index (χ0) is 17.8. The van der Waals surface area contributed by atoms with Gasteiger partial charge in [0.1, 0.15) is 18.2 Å². The predicted octanol–water partition coefficient (Wildman–Crippen LogP) is 2.37. The second-order valence-electron chi connectivity index (χ2n) is 5.98. The van der Waals surface area contributed by atoms with E-state index in [0.717, 1.165) is 11.3 Å². The van der Waals surface area contributed by atoms with E-state index in [-0.39, 0.29) is 18.5 Å². The van der Waals surface area contributed by atoms with Gasteiger partial charge in [-0.15, -0.1) is 0 Å². The van der Waals surface area contributed by atoms with Gasteiger partial charge in [-0.25, -0.2) is 4.39 Å². The van der Waals surface area contributed by atoms with Crippen LogP contribution in [0.5, 0.6) is 5.75 Å². The Morgan fingerprint density at radius 3 is 2.68 bits per heavy atom. The Labute approximate surface area is 145 Å². The zero-order valence-corrected chi connectivity index (χ0v) is 13.9. The summed E-state index contributed by atoms with van der Waals surface area (Å²) in [5, 5.41) is 2.59. The van der Waals surface area contributed by atoms with E-state index in [2.05, 4.69) is 5.32 Å². The fraction of sp³-hybridized carbons (Fsp3) is 0.263. The number of nitrogens with one attached hydrogen (secondary N) is 1. The molecule has 0 saturated carbocycles. The summed E-state index contributed by atoms with van der Waals surface area (Å²) in [5.41, 5.74) is 1.25. The minimum absolute atomic E-state index is 0.109. The smallest absolute Gasteiger partial charge is 0.251 e. The molecule has 1 aliphatic heterocycles. The molecule has 0 radical (unpaired) electrons. The second kappa shape index (κ2) is 7.34. The summed E-state index contributed by atoms with van der Waals surface area (Å²) < 4.78 is 18.6. The van der Waals surface area contributed by atoms with E-state index in [9.17, 15) is 14.0 Å². The van der Waals surface area contributed by atoms with Crippen LogP contribution in [0.15, 0.2) is 48.5 Å². The van der Waals surface area contributed by atoms with Gasteiger partial charge < -0.3 is 15.0 Å². The zero-order valence-electron chi connectivity index (χ0n) is 13.9. The lowest BCUT2D eigenvalue weighted by Crippen LogP contribution is -2.45. The minimum Gasteiger partial charge on any atom is -0.491 e. The first kappa shape index (κ1) is 17.0. The lowest BCUT2D eigenvalue weighted by molar-refractivity contribution is -0.133. The number of hydrogen-bond acceptors (Lipinski definition) is 3. The quantitative estimate of drug-likeness (QED) is 0.932. The highest BCUT2D eigenvalue weighted by Gasteiger charge is 2.25. The van der Waals surface area contributed by atoms with E-state index in [4.69, 9.17) is 4.74 Å². The van der Waals surface area contributed by atoms with E-state index in [1.807, 2.05) is 31.2 Å². The number of hydrogen-bond donors (Lipinski definition) is 1. The number of ether oxygens (including phenoxy) is 1. The molecule has 2 amide bonds. The van der Waals surface area contributed by atoms with Crippen LogP contribution in [0.1, 0.15) is 22.8 Å². The number of benzene rings is 2. The molecule has 0 bridgehead atoms. The van der Waals surface area contributed by atoms with Gasteiger partial charge in [-0.1, -0.05) is 18.2 Å². The van der Waals surface area contributed by atoms with Gasteiger partial charge in [-0.3, -0.25) is 9.59 Å². The largest absolute Gasteiger partial charge is 0.491 e. The van der Waals surface area contributed by atoms with Gasteiger partial charge in [0.2, 0.25) is 5.91 Å². The van der Waals surface area contributed by atoms with Crippen molar-refractivity contribution in [3.05, 3.63) is 65.5 Å². The molecule has 0 spiro atoms. The SMILES string of the molecule is C[C@H]1COc2ccccc2CN1C(=O)CNC(=O)c1ccc(F)cc1. The van der Waals surface area contributed by atoms with Crippen molar-refractivity contribution in [3.63, 3.8) is 0 Å². The van der Waals surface area contributed by atoms with Crippen molar-refractivity contribution < 1.29 is 18.7 Å². The molecule has 0 saturated heterocycles. The Morgan fingerprint density at radius 1 is 1.20 bits per heavy atom. The van der Waals surface area contributed by atoms with E-state index in [0.29, 0.717) is 18.7 Å². The van der Waals surface area contributed by atoms with Crippen LogP contribution in [-0.2, 0) is 11.3 Å². The number of rotatable bonds is 3. The van der Waals surface area contributed by atoms with Gasteiger partial charge in [0.05, 0.1) is 12.6 Å². The number of halogens is 1. The van der Waals surface area contributed by atoms with Crippen LogP contribution in [0.3, 0.4) is 0 Å². The Balaban J connectivity index is 1.64. The highest BCUT2D eigenvalue weighted by atomic mass is 19.1. The van der Waals surface area contributed by atoms with Crippen molar-refractivity contribution in [2.45, 2.75) is 19.5 Å². The van der Waals surface area contributed by atoms with Crippen molar-refractivity contribution in [2.75, 3.05) is 13.2 Å². The minimum atomic E-state index is -0.412. The Morgan fingerprint density at radius 2 is 1.92 bits per heavy atom. The number of amides is 2. The second-order valence-corrected chi connectivity index (χ2v) is 5.98. The van der Waals surface area contributed by atoms with Crippen molar-refractivity contribution in [2.24, 2.45) is 0 Å². The molecule has 0 unspecified atom stereocenters. The molecule has 130 valence electrons. The van der Waals surface area contributed by atoms with Gasteiger partial charge in [-0.05, 0) is 37.3 Å². The van der Waals surface area contributed by atoms with Gasteiger partial charge >= 0.3 is 0 Å². The van der Waals surface area contributed by atoms with Crippen LogP contribution < -0.4 is 10.1 Å². The van der Waals surface area contributed by atoms with E-state index in [1.54, 1.807) is 4.90 Å². The lowest BCUT2D eigenvalue weighted by Gasteiger charge is -2.26. The van der Waals surface area contributed by atoms with E-state index in [1.165, 1.54) is 24.3 Å². The molecular formula is C19H19FN2O3. The van der Waals surface area contributed by atoms with E-state index >= 15 is 0 Å². The third kappa shape index (κ3) is 3.96. The summed E-state index contributed by atoms with van der Waals surface area (Å²) in [6, 6.07) is 12.7. The summed E-state index contributed by atoms with van der Waals surface area (Å²) in [7, 11) is 0. The third-order valence-electron chi connectivity index (χ3n) is 4.15. The Bertz CT molecular complexity index is 776. The highest BCUT2D eigenvalue weighted by Crippen LogP contribution is 2.24. The van der Waals surface area contributed by atoms with E-state index < -0.39 is 11.7 Å². The van der Waals surface area contributed by atoms with Crippen LogP contribution in [0.4, 0.5) is 4.39 Å². The number of fused-ring (bicyclic) bond motifs is 1. The maximum atomic E-state index is 12.9. The molecule has 1 N–H and O–H groups in total. The highest BCUT2D eigenvalue weighted by molar-refractivity contribution is 5.96. The Hall–Kier alpha value is -2.89. The molecule has 0 aromatic heterocycles.